The van der Waals surface area contributed by atoms with Crippen LogP contribution in [0, 0.1) is 0 Å². The van der Waals surface area contributed by atoms with E-state index in [9.17, 15) is 9.59 Å². The fraction of sp³-hybridized carbons (Fsp3) is 0.529. The van der Waals surface area contributed by atoms with E-state index in [2.05, 4.69) is 5.32 Å². The molecule has 136 valence electrons. The van der Waals surface area contributed by atoms with E-state index >= 15 is 0 Å². The Morgan fingerprint density at radius 1 is 1.28 bits per heavy atom. The van der Waals surface area contributed by atoms with Gasteiger partial charge in [0.1, 0.15) is 5.75 Å². The Balaban J connectivity index is 1.78. The van der Waals surface area contributed by atoms with E-state index < -0.39 is 0 Å². The standard InChI is InChI=1S/C17H21Cl2N3O3/c1-25-15-8-14(19)13(18)7-12(15)17(24)21-5-2-3-11(10-21)22-6-4-20-9-16(22)23/h7-8,11,20H,2-6,9-10H2,1H3. The number of nitrogens with one attached hydrogen (secondary N) is 1. The van der Waals surface area contributed by atoms with Gasteiger partial charge < -0.3 is 19.9 Å². The molecule has 2 amide bonds. The quantitative estimate of drug-likeness (QED) is 0.864. The van der Waals surface area contributed by atoms with Crippen molar-refractivity contribution in [2.45, 2.75) is 18.9 Å². The number of ether oxygens (including phenoxy) is 1. The molecule has 2 fully saturated rings. The van der Waals surface area contributed by atoms with Crippen molar-refractivity contribution < 1.29 is 14.3 Å². The number of carbonyl (C=O) groups excluding carboxylic acids is 2. The van der Waals surface area contributed by atoms with E-state index in [1.54, 1.807) is 17.0 Å². The van der Waals surface area contributed by atoms with Crippen LogP contribution < -0.4 is 10.1 Å². The summed E-state index contributed by atoms with van der Waals surface area (Å²) in [5, 5.41) is 3.74. The van der Waals surface area contributed by atoms with Gasteiger partial charge in [0.2, 0.25) is 5.91 Å². The lowest BCUT2D eigenvalue weighted by atomic mass is 10.0. The molecular weight excluding hydrogens is 365 g/mol. The van der Waals surface area contributed by atoms with Gasteiger partial charge in [-0.2, -0.15) is 0 Å². The van der Waals surface area contributed by atoms with Crippen LogP contribution in [0.25, 0.3) is 0 Å². The van der Waals surface area contributed by atoms with Crippen LogP contribution in [-0.2, 0) is 4.79 Å². The highest BCUT2D eigenvalue weighted by atomic mass is 35.5. The molecule has 25 heavy (non-hydrogen) atoms. The second-order valence-electron chi connectivity index (χ2n) is 6.28. The van der Waals surface area contributed by atoms with Crippen LogP contribution in [-0.4, -0.2) is 67.5 Å². The molecule has 1 unspecified atom stereocenters. The zero-order valence-electron chi connectivity index (χ0n) is 14.1. The number of piperazine rings is 1. The molecule has 0 bridgehead atoms. The van der Waals surface area contributed by atoms with Crippen molar-refractivity contribution in [2.75, 3.05) is 39.8 Å². The van der Waals surface area contributed by atoms with Crippen LogP contribution in [0.1, 0.15) is 23.2 Å². The summed E-state index contributed by atoms with van der Waals surface area (Å²) in [7, 11) is 1.49. The van der Waals surface area contributed by atoms with Gasteiger partial charge in [-0.3, -0.25) is 9.59 Å². The van der Waals surface area contributed by atoms with E-state index in [1.807, 2.05) is 4.90 Å². The molecular formula is C17H21Cl2N3O3. The van der Waals surface area contributed by atoms with Crippen LogP contribution in [0.2, 0.25) is 10.0 Å². The number of likely N-dealkylation sites (tertiary alicyclic amines) is 1. The largest absolute Gasteiger partial charge is 0.496 e. The lowest BCUT2D eigenvalue weighted by Crippen LogP contribution is -2.57. The molecule has 1 atom stereocenters. The number of nitrogens with zero attached hydrogens (tertiary/aromatic N) is 2. The summed E-state index contributed by atoms with van der Waals surface area (Å²) in [4.78, 5) is 28.8. The lowest BCUT2D eigenvalue weighted by molar-refractivity contribution is -0.135. The topological polar surface area (TPSA) is 61.9 Å². The molecule has 0 aromatic heterocycles. The highest BCUT2D eigenvalue weighted by Crippen LogP contribution is 2.32. The van der Waals surface area contributed by atoms with Gasteiger partial charge in [-0.1, -0.05) is 23.2 Å². The summed E-state index contributed by atoms with van der Waals surface area (Å²) >= 11 is 12.1. The minimum atomic E-state index is -0.150. The number of halogens is 2. The number of carbonyl (C=O) groups is 2. The smallest absolute Gasteiger partial charge is 0.257 e. The highest BCUT2D eigenvalue weighted by molar-refractivity contribution is 6.42. The van der Waals surface area contributed by atoms with E-state index in [-0.39, 0.29) is 17.9 Å². The molecule has 1 aromatic carbocycles. The van der Waals surface area contributed by atoms with Gasteiger partial charge in [0.25, 0.3) is 5.91 Å². The number of hydrogen-bond donors (Lipinski definition) is 1. The van der Waals surface area contributed by atoms with Gasteiger partial charge >= 0.3 is 0 Å². The van der Waals surface area contributed by atoms with Crippen molar-refractivity contribution in [3.05, 3.63) is 27.7 Å². The molecule has 0 saturated carbocycles. The first-order chi connectivity index (χ1) is 12.0. The summed E-state index contributed by atoms with van der Waals surface area (Å²) < 4.78 is 5.29. The summed E-state index contributed by atoms with van der Waals surface area (Å²) in [6, 6.07) is 3.16. The Morgan fingerprint density at radius 3 is 2.76 bits per heavy atom. The number of methoxy groups -OCH3 is 1. The summed E-state index contributed by atoms with van der Waals surface area (Å²) in [6.45, 7) is 3.01. The Bertz CT molecular complexity index is 683. The van der Waals surface area contributed by atoms with E-state index in [0.717, 1.165) is 19.4 Å². The number of hydrogen-bond acceptors (Lipinski definition) is 4. The molecule has 0 spiro atoms. The van der Waals surface area contributed by atoms with Crippen molar-refractivity contribution in [1.29, 1.82) is 0 Å². The SMILES string of the molecule is COc1cc(Cl)c(Cl)cc1C(=O)N1CCCC(N2CCNCC2=O)C1. The van der Waals surface area contributed by atoms with E-state index in [4.69, 9.17) is 27.9 Å². The molecule has 0 radical (unpaired) electrons. The Hall–Kier alpha value is -1.50. The summed E-state index contributed by atoms with van der Waals surface area (Å²) in [5.74, 6) is 0.347. The van der Waals surface area contributed by atoms with Crippen molar-refractivity contribution in [1.82, 2.24) is 15.1 Å². The number of rotatable bonds is 3. The fourth-order valence-corrected chi connectivity index (χ4v) is 3.75. The maximum Gasteiger partial charge on any atom is 0.257 e. The van der Waals surface area contributed by atoms with Gasteiger partial charge in [-0.25, -0.2) is 0 Å². The third kappa shape index (κ3) is 3.86. The van der Waals surface area contributed by atoms with Crippen LogP contribution in [0.4, 0.5) is 0 Å². The van der Waals surface area contributed by atoms with Crippen molar-refractivity contribution in [2.24, 2.45) is 0 Å². The van der Waals surface area contributed by atoms with Gasteiger partial charge in [0, 0.05) is 38.3 Å². The zero-order valence-corrected chi connectivity index (χ0v) is 15.6. The lowest BCUT2D eigenvalue weighted by Gasteiger charge is -2.41. The van der Waals surface area contributed by atoms with E-state index in [1.165, 1.54) is 7.11 Å². The zero-order chi connectivity index (χ0) is 18.0. The van der Waals surface area contributed by atoms with E-state index in [0.29, 0.717) is 47.5 Å². The molecule has 2 heterocycles. The maximum absolute atomic E-state index is 13.0. The first kappa shape index (κ1) is 18.3. The van der Waals surface area contributed by atoms with Crippen molar-refractivity contribution >= 4 is 35.0 Å². The van der Waals surface area contributed by atoms with Crippen LogP contribution in [0.15, 0.2) is 12.1 Å². The fourth-order valence-electron chi connectivity index (χ4n) is 3.44. The summed E-state index contributed by atoms with van der Waals surface area (Å²) in [5.41, 5.74) is 0.393. The third-order valence-electron chi connectivity index (χ3n) is 4.72. The molecule has 1 N–H and O–H groups in total. The third-order valence-corrected chi connectivity index (χ3v) is 5.45. The predicted molar refractivity (Wildman–Crippen MR) is 96.5 cm³/mol. The van der Waals surface area contributed by atoms with Crippen LogP contribution in [0.3, 0.4) is 0 Å². The Morgan fingerprint density at radius 2 is 2.04 bits per heavy atom. The van der Waals surface area contributed by atoms with Gasteiger partial charge in [0.05, 0.1) is 29.3 Å². The Labute approximate surface area is 157 Å². The first-order valence-corrected chi connectivity index (χ1v) is 9.09. The van der Waals surface area contributed by atoms with Gasteiger partial charge in [0.15, 0.2) is 0 Å². The number of amides is 2. The Kier molecular flexibility index (Phi) is 5.71. The molecule has 3 rings (SSSR count). The van der Waals surface area contributed by atoms with Crippen molar-refractivity contribution in [3.8, 4) is 5.75 Å². The van der Waals surface area contributed by atoms with Crippen LogP contribution in [0.5, 0.6) is 5.75 Å². The highest BCUT2D eigenvalue weighted by Gasteiger charge is 2.32. The molecule has 8 heteroatoms. The molecule has 0 aliphatic carbocycles. The van der Waals surface area contributed by atoms with Gasteiger partial charge in [-0.05, 0) is 18.9 Å². The predicted octanol–water partition coefficient (Wildman–Crippen LogP) is 2.04. The molecule has 2 saturated heterocycles. The van der Waals surface area contributed by atoms with Crippen LogP contribution >= 0.6 is 23.2 Å². The number of benzene rings is 1. The molecule has 6 nitrogen and oxygen atoms in total. The minimum absolute atomic E-state index is 0.0565. The molecule has 1 aromatic rings. The average Bonchev–Trinajstić information content (AvgIpc) is 2.63. The second kappa shape index (κ2) is 7.81. The maximum atomic E-state index is 13.0. The first-order valence-electron chi connectivity index (χ1n) is 8.33. The number of piperidine rings is 1. The monoisotopic (exact) mass is 385 g/mol. The average molecular weight is 386 g/mol. The summed E-state index contributed by atoms with van der Waals surface area (Å²) in [6.07, 6.45) is 1.77. The molecule has 2 aliphatic heterocycles. The molecule has 2 aliphatic rings. The van der Waals surface area contributed by atoms with Crippen molar-refractivity contribution in [3.63, 3.8) is 0 Å². The normalized spacial score (nSPS) is 21.4. The second-order valence-corrected chi connectivity index (χ2v) is 7.09. The minimum Gasteiger partial charge on any atom is -0.496 e. The van der Waals surface area contributed by atoms with Gasteiger partial charge in [-0.15, -0.1) is 0 Å².